The molecular weight excluding hydrogens is 414 g/mol. The van der Waals surface area contributed by atoms with Crippen LogP contribution >= 0.6 is 22.9 Å². The highest BCUT2D eigenvalue weighted by Gasteiger charge is 2.26. The van der Waals surface area contributed by atoms with Crippen LogP contribution in [0, 0.1) is 13.8 Å². The van der Waals surface area contributed by atoms with E-state index in [0.29, 0.717) is 15.0 Å². The third-order valence-corrected chi connectivity index (χ3v) is 7.21. The van der Waals surface area contributed by atoms with Gasteiger partial charge < -0.3 is 11.1 Å². The summed E-state index contributed by atoms with van der Waals surface area (Å²) in [5.74, 6) is -1.26. The number of thiophene rings is 1. The standard InChI is InChI=1S/C16H18ClN3O5S2/c1-8-9(2)26-16(13(8)14(18)21)19-15(22)10-5-6-11(17)12(7-10)27(23,24)20(3)25-4/h5-7H,1-4H3,(H2,18,21)(H,19,22). The van der Waals surface area contributed by atoms with Gasteiger partial charge in [0.05, 0.1) is 17.7 Å². The molecule has 8 nitrogen and oxygen atoms in total. The zero-order valence-corrected chi connectivity index (χ0v) is 17.4. The molecule has 27 heavy (non-hydrogen) atoms. The number of nitrogens with zero attached hydrogens (tertiary/aromatic N) is 1. The number of hydrogen-bond acceptors (Lipinski definition) is 6. The molecule has 1 heterocycles. The van der Waals surface area contributed by atoms with E-state index in [-0.39, 0.29) is 21.0 Å². The molecule has 1 aromatic carbocycles. The fraction of sp³-hybridized carbons (Fsp3) is 0.250. The number of halogens is 1. The van der Waals surface area contributed by atoms with Gasteiger partial charge in [-0.2, -0.15) is 0 Å². The summed E-state index contributed by atoms with van der Waals surface area (Å²) in [4.78, 5) is 29.5. The van der Waals surface area contributed by atoms with E-state index in [4.69, 9.17) is 22.2 Å². The molecular formula is C16H18ClN3O5S2. The topological polar surface area (TPSA) is 119 Å². The molecule has 11 heteroatoms. The van der Waals surface area contributed by atoms with Gasteiger partial charge in [0.2, 0.25) is 0 Å². The van der Waals surface area contributed by atoms with Crippen LogP contribution in [0.2, 0.25) is 5.02 Å². The summed E-state index contributed by atoms with van der Waals surface area (Å²) >= 11 is 7.19. The maximum atomic E-state index is 12.6. The van der Waals surface area contributed by atoms with E-state index in [0.717, 1.165) is 10.9 Å². The molecule has 0 fully saturated rings. The van der Waals surface area contributed by atoms with Crippen molar-refractivity contribution in [2.24, 2.45) is 5.73 Å². The lowest BCUT2D eigenvalue weighted by Crippen LogP contribution is -2.26. The van der Waals surface area contributed by atoms with Gasteiger partial charge in [0.15, 0.2) is 0 Å². The Labute approximate surface area is 165 Å². The maximum absolute atomic E-state index is 12.6. The van der Waals surface area contributed by atoms with Crippen LogP contribution in [-0.4, -0.2) is 38.9 Å². The summed E-state index contributed by atoms with van der Waals surface area (Å²) in [5, 5.41) is 2.85. The first-order valence-corrected chi connectivity index (χ1v) is 10.2. The number of benzene rings is 1. The van der Waals surface area contributed by atoms with E-state index in [1.807, 2.05) is 0 Å². The van der Waals surface area contributed by atoms with Gasteiger partial charge in [-0.3, -0.25) is 14.4 Å². The molecule has 2 amide bonds. The van der Waals surface area contributed by atoms with Crippen molar-refractivity contribution in [3.8, 4) is 0 Å². The maximum Gasteiger partial charge on any atom is 0.266 e. The van der Waals surface area contributed by atoms with Crippen molar-refractivity contribution in [2.75, 3.05) is 19.5 Å². The lowest BCUT2D eigenvalue weighted by Gasteiger charge is -2.15. The second kappa shape index (κ2) is 7.95. The Hall–Kier alpha value is -1.98. The summed E-state index contributed by atoms with van der Waals surface area (Å²) in [7, 11) is -1.65. The molecule has 0 saturated heterocycles. The normalized spacial score (nSPS) is 11.6. The van der Waals surface area contributed by atoms with Crippen LogP contribution in [0.3, 0.4) is 0 Å². The van der Waals surface area contributed by atoms with E-state index in [1.165, 1.54) is 37.6 Å². The van der Waals surface area contributed by atoms with Crippen LogP contribution in [0.5, 0.6) is 0 Å². The lowest BCUT2D eigenvalue weighted by atomic mass is 10.1. The third kappa shape index (κ3) is 4.14. The lowest BCUT2D eigenvalue weighted by molar-refractivity contribution is -0.0258. The Bertz CT molecular complexity index is 1020. The number of carbonyl (C=O) groups is 2. The predicted octanol–water partition coefficient (Wildman–Crippen LogP) is 2.55. The monoisotopic (exact) mass is 431 g/mol. The van der Waals surface area contributed by atoms with Gasteiger partial charge in [0, 0.05) is 17.5 Å². The van der Waals surface area contributed by atoms with Crippen molar-refractivity contribution in [1.82, 2.24) is 4.47 Å². The fourth-order valence-corrected chi connectivity index (χ4v) is 4.80. The Morgan fingerprint density at radius 3 is 2.48 bits per heavy atom. The quantitative estimate of drug-likeness (QED) is 0.681. The van der Waals surface area contributed by atoms with Crippen LogP contribution in [0.1, 0.15) is 31.2 Å². The number of anilines is 1. The summed E-state index contributed by atoms with van der Waals surface area (Å²) in [5.41, 5.74) is 6.35. The van der Waals surface area contributed by atoms with Crippen LogP contribution in [0.4, 0.5) is 5.00 Å². The Morgan fingerprint density at radius 2 is 1.93 bits per heavy atom. The molecule has 0 unspecified atom stereocenters. The summed E-state index contributed by atoms with van der Waals surface area (Å²) in [6.07, 6.45) is 0. The van der Waals surface area contributed by atoms with Crippen LogP contribution in [0.25, 0.3) is 0 Å². The minimum atomic E-state index is -4.05. The highest BCUT2D eigenvalue weighted by molar-refractivity contribution is 7.89. The van der Waals surface area contributed by atoms with Crippen LogP contribution in [-0.2, 0) is 14.9 Å². The number of carbonyl (C=O) groups excluding carboxylic acids is 2. The second-order valence-corrected chi connectivity index (χ2v) is 9.08. The largest absolute Gasteiger partial charge is 0.365 e. The molecule has 0 aliphatic heterocycles. The van der Waals surface area contributed by atoms with Gasteiger partial charge in [-0.05, 0) is 37.6 Å². The minimum Gasteiger partial charge on any atom is -0.365 e. The number of hydrogen-bond donors (Lipinski definition) is 2. The molecule has 3 N–H and O–H groups in total. The molecule has 0 radical (unpaired) electrons. The minimum absolute atomic E-state index is 0.0432. The summed E-state index contributed by atoms with van der Waals surface area (Å²) in [6.45, 7) is 3.53. The van der Waals surface area contributed by atoms with Gasteiger partial charge in [-0.25, -0.2) is 8.42 Å². The number of sulfonamides is 1. The number of nitrogens with two attached hydrogens (primary N) is 1. The van der Waals surface area contributed by atoms with E-state index >= 15 is 0 Å². The Kier molecular flexibility index (Phi) is 6.28. The first kappa shape index (κ1) is 21.3. The SMILES string of the molecule is CON(C)S(=O)(=O)c1cc(C(=O)Nc2sc(C)c(C)c2C(N)=O)ccc1Cl. The van der Waals surface area contributed by atoms with Crippen molar-refractivity contribution in [3.05, 3.63) is 44.8 Å². The van der Waals surface area contributed by atoms with Gasteiger partial charge in [0.1, 0.15) is 9.90 Å². The van der Waals surface area contributed by atoms with Crippen molar-refractivity contribution in [1.29, 1.82) is 0 Å². The molecule has 146 valence electrons. The molecule has 0 aliphatic rings. The number of hydroxylamine groups is 1. The van der Waals surface area contributed by atoms with Crippen molar-refractivity contribution in [2.45, 2.75) is 18.7 Å². The first-order valence-electron chi connectivity index (χ1n) is 7.54. The number of amides is 2. The zero-order chi connectivity index (χ0) is 20.5. The first-order chi connectivity index (χ1) is 12.5. The average molecular weight is 432 g/mol. The summed E-state index contributed by atoms with van der Waals surface area (Å²) < 4.78 is 25.5. The van der Waals surface area contributed by atoms with Gasteiger partial charge >= 0.3 is 0 Å². The fourth-order valence-electron chi connectivity index (χ4n) is 2.27. The molecule has 2 rings (SSSR count). The molecule has 1 aromatic heterocycles. The Balaban J connectivity index is 2.44. The molecule has 0 saturated carbocycles. The number of primary amides is 1. The van der Waals surface area contributed by atoms with Gasteiger partial charge in [-0.15, -0.1) is 11.3 Å². The average Bonchev–Trinajstić information content (AvgIpc) is 2.87. The molecule has 0 aliphatic carbocycles. The van der Waals surface area contributed by atoms with E-state index in [2.05, 4.69) is 5.32 Å². The molecule has 0 bridgehead atoms. The number of rotatable bonds is 6. The van der Waals surface area contributed by atoms with Crippen LogP contribution < -0.4 is 11.1 Å². The van der Waals surface area contributed by atoms with E-state index in [9.17, 15) is 18.0 Å². The molecule has 0 spiro atoms. The van der Waals surface area contributed by atoms with Gasteiger partial charge in [0.25, 0.3) is 21.8 Å². The number of nitrogens with one attached hydrogen (secondary N) is 1. The van der Waals surface area contributed by atoms with E-state index in [1.54, 1.807) is 13.8 Å². The highest BCUT2D eigenvalue weighted by Crippen LogP contribution is 2.33. The predicted molar refractivity (Wildman–Crippen MR) is 104 cm³/mol. The number of aryl methyl sites for hydroxylation is 1. The van der Waals surface area contributed by atoms with Crippen molar-refractivity contribution in [3.63, 3.8) is 0 Å². The Morgan fingerprint density at radius 1 is 1.30 bits per heavy atom. The second-order valence-electron chi connectivity index (χ2n) is 5.55. The smallest absolute Gasteiger partial charge is 0.266 e. The third-order valence-electron chi connectivity index (χ3n) is 3.93. The highest BCUT2D eigenvalue weighted by atomic mass is 35.5. The molecule has 2 aromatic rings. The molecule has 0 atom stereocenters. The zero-order valence-electron chi connectivity index (χ0n) is 15.0. The van der Waals surface area contributed by atoms with Crippen molar-refractivity contribution >= 4 is 49.8 Å². The van der Waals surface area contributed by atoms with Crippen LogP contribution in [0.15, 0.2) is 23.1 Å². The van der Waals surface area contributed by atoms with E-state index < -0.39 is 21.8 Å². The van der Waals surface area contributed by atoms with Crippen molar-refractivity contribution < 1.29 is 22.8 Å². The van der Waals surface area contributed by atoms with Gasteiger partial charge in [-0.1, -0.05) is 16.1 Å². The summed E-state index contributed by atoms with van der Waals surface area (Å²) in [6, 6.07) is 3.81.